The molecule has 2 rings (SSSR count). The first-order chi connectivity index (χ1) is 7.81. The fourth-order valence-corrected chi connectivity index (χ4v) is 1.46. The first-order valence-corrected chi connectivity index (χ1v) is 5.03. The number of rotatable bonds is 3. The molecule has 80 valence electrons. The van der Waals surface area contributed by atoms with Crippen molar-refractivity contribution in [1.29, 1.82) is 0 Å². The zero-order chi connectivity index (χ0) is 11.4. The summed E-state index contributed by atoms with van der Waals surface area (Å²) in [7, 11) is 0. The van der Waals surface area contributed by atoms with Gasteiger partial charge in [-0.05, 0) is 12.1 Å². The minimum atomic E-state index is -0.637. The molecule has 0 saturated carbocycles. The third-order valence-corrected chi connectivity index (χ3v) is 2.32. The molecule has 0 saturated heterocycles. The Morgan fingerprint density at radius 3 is 2.81 bits per heavy atom. The quantitative estimate of drug-likeness (QED) is 0.789. The van der Waals surface area contributed by atoms with Crippen LogP contribution in [-0.4, -0.2) is 14.9 Å². The largest absolute Gasteiger partial charge is 0.387 e. The van der Waals surface area contributed by atoms with Crippen LogP contribution in [-0.2, 0) is 0 Å². The van der Waals surface area contributed by atoms with Crippen molar-refractivity contribution in [2.24, 2.45) is 0 Å². The van der Waals surface area contributed by atoms with Crippen LogP contribution in [0.2, 0.25) is 0 Å². The van der Waals surface area contributed by atoms with E-state index in [9.17, 15) is 5.11 Å². The van der Waals surface area contributed by atoms with Gasteiger partial charge in [-0.15, -0.1) is 12.3 Å². The summed E-state index contributed by atoms with van der Waals surface area (Å²) in [6.45, 7) is 0. The number of para-hydroxylation sites is 1. The third kappa shape index (κ3) is 2.13. The monoisotopic (exact) mass is 212 g/mol. The van der Waals surface area contributed by atoms with E-state index in [4.69, 9.17) is 6.42 Å². The fraction of sp³-hybridized carbons (Fsp3) is 0.154. The minimum Gasteiger partial charge on any atom is -0.387 e. The molecule has 1 N–H and O–H groups in total. The Morgan fingerprint density at radius 1 is 1.38 bits per heavy atom. The van der Waals surface area contributed by atoms with Gasteiger partial charge in [-0.2, -0.15) is 5.10 Å². The standard InChI is InChI=1S/C13H12N2O/c1-2-6-13(16)11-9-14-15(10-11)12-7-4-3-5-8-12/h1,3-5,7-10,13,16H,6H2. The summed E-state index contributed by atoms with van der Waals surface area (Å²) in [6, 6.07) is 9.72. The van der Waals surface area contributed by atoms with Gasteiger partial charge in [0.2, 0.25) is 0 Å². The highest BCUT2D eigenvalue weighted by Crippen LogP contribution is 2.16. The Balaban J connectivity index is 2.24. The lowest BCUT2D eigenvalue weighted by atomic mass is 10.1. The van der Waals surface area contributed by atoms with E-state index in [1.165, 1.54) is 0 Å². The van der Waals surface area contributed by atoms with Crippen molar-refractivity contribution in [2.45, 2.75) is 12.5 Å². The van der Waals surface area contributed by atoms with Crippen LogP contribution in [0.15, 0.2) is 42.7 Å². The normalized spacial score (nSPS) is 12.0. The summed E-state index contributed by atoms with van der Waals surface area (Å²) >= 11 is 0. The van der Waals surface area contributed by atoms with Gasteiger partial charge in [-0.25, -0.2) is 4.68 Å². The second-order valence-corrected chi connectivity index (χ2v) is 3.48. The molecular weight excluding hydrogens is 200 g/mol. The molecule has 3 nitrogen and oxygen atoms in total. The number of nitrogens with zero attached hydrogens (tertiary/aromatic N) is 2. The average molecular weight is 212 g/mol. The molecule has 1 aromatic heterocycles. The van der Waals surface area contributed by atoms with E-state index < -0.39 is 6.10 Å². The van der Waals surface area contributed by atoms with Crippen molar-refractivity contribution in [1.82, 2.24) is 9.78 Å². The summed E-state index contributed by atoms with van der Waals surface area (Å²) in [6.07, 6.45) is 8.24. The van der Waals surface area contributed by atoms with Gasteiger partial charge in [-0.1, -0.05) is 18.2 Å². The summed E-state index contributed by atoms with van der Waals surface area (Å²) < 4.78 is 1.72. The number of aliphatic hydroxyl groups excluding tert-OH is 1. The first-order valence-electron chi connectivity index (χ1n) is 5.03. The van der Waals surface area contributed by atoms with Crippen LogP contribution in [0, 0.1) is 12.3 Å². The molecular formula is C13H12N2O. The van der Waals surface area contributed by atoms with E-state index in [1.54, 1.807) is 17.1 Å². The van der Waals surface area contributed by atoms with E-state index in [2.05, 4.69) is 11.0 Å². The van der Waals surface area contributed by atoms with Crippen LogP contribution < -0.4 is 0 Å². The van der Waals surface area contributed by atoms with Crippen LogP contribution in [0.25, 0.3) is 5.69 Å². The van der Waals surface area contributed by atoms with Crippen molar-refractivity contribution < 1.29 is 5.11 Å². The number of hydrogen-bond donors (Lipinski definition) is 1. The molecule has 0 spiro atoms. The Hall–Kier alpha value is -2.05. The lowest BCUT2D eigenvalue weighted by Crippen LogP contribution is -1.95. The third-order valence-electron chi connectivity index (χ3n) is 2.32. The highest BCUT2D eigenvalue weighted by molar-refractivity contribution is 5.31. The topological polar surface area (TPSA) is 38.1 Å². The van der Waals surface area contributed by atoms with Gasteiger partial charge in [0, 0.05) is 18.2 Å². The SMILES string of the molecule is C#CCC(O)c1cnn(-c2ccccc2)c1. The van der Waals surface area contributed by atoms with Gasteiger partial charge in [-0.3, -0.25) is 0 Å². The molecule has 1 atom stereocenters. The maximum absolute atomic E-state index is 9.68. The van der Waals surface area contributed by atoms with Gasteiger partial charge in [0.15, 0.2) is 0 Å². The highest BCUT2D eigenvalue weighted by Gasteiger charge is 2.08. The van der Waals surface area contributed by atoms with Crippen molar-refractivity contribution >= 4 is 0 Å². The van der Waals surface area contributed by atoms with Crippen LogP contribution >= 0.6 is 0 Å². The molecule has 0 amide bonds. The molecule has 1 heterocycles. The van der Waals surface area contributed by atoms with Gasteiger partial charge in [0.1, 0.15) is 0 Å². The number of benzene rings is 1. The molecule has 0 bridgehead atoms. The van der Waals surface area contributed by atoms with Gasteiger partial charge in [0.05, 0.1) is 18.0 Å². The Kier molecular flexibility index (Phi) is 3.04. The highest BCUT2D eigenvalue weighted by atomic mass is 16.3. The molecule has 2 aromatic rings. The van der Waals surface area contributed by atoms with E-state index in [1.807, 2.05) is 30.3 Å². The first kappa shape index (κ1) is 10.5. The number of hydrogen-bond acceptors (Lipinski definition) is 2. The minimum absolute atomic E-state index is 0.306. The molecule has 3 heteroatoms. The Morgan fingerprint density at radius 2 is 2.12 bits per heavy atom. The lowest BCUT2D eigenvalue weighted by Gasteiger charge is -2.02. The van der Waals surface area contributed by atoms with Crippen molar-refractivity contribution in [3.63, 3.8) is 0 Å². The number of aliphatic hydroxyl groups is 1. The molecule has 0 fully saturated rings. The fourth-order valence-electron chi connectivity index (χ4n) is 1.46. The van der Waals surface area contributed by atoms with Gasteiger partial charge < -0.3 is 5.11 Å². The lowest BCUT2D eigenvalue weighted by molar-refractivity contribution is 0.184. The molecule has 0 aliphatic carbocycles. The van der Waals surface area contributed by atoms with Crippen molar-refractivity contribution in [3.05, 3.63) is 48.3 Å². The molecule has 0 aliphatic rings. The van der Waals surface area contributed by atoms with Crippen LogP contribution in [0.3, 0.4) is 0 Å². The smallest absolute Gasteiger partial charge is 0.0929 e. The predicted octanol–water partition coefficient (Wildman–Crippen LogP) is 1.93. The second kappa shape index (κ2) is 4.65. The predicted molar refractivity (Wildman–Crippen MR) is 62.0 cm³/mol. The van der Waals surface area contributed by atoms with E-state index >= 15 is 0 Å². The van der Waals surface area contributed by atoms with Crippen molar-refractivity contribution in [3.8, 4) is 18.0 Å². The van der Waals surface area contributed by atoms with Gasteiger partial charge in [0.25, 0.3) is 0 Å². The molecule has 0 aliphatic heterocycles. The summed E-state index contributed by atoms with van der Waals surface area (Å²) in [5.74, 6) is 2.43. The molecule has 0 radical (unpaired) electrons. The summed E-state index contributed by atoms with van der Waals surface area (Å²) in [5.41, 5.74) is 1.70. The van der Waals surface area contributed by atoms with Crippen LogP contribution in [0.5, 0.6) is 0 Å². The van der Waals surface area contributed by atoms with E-state index in [0.717, 1.165) is 11.3 Å². The maximum atomic E-state index is 9.68. The second-order valence-electron chi connectivity index (χ2n) is 3.48. The Labute approximate surface area is 94.3 Å². The summed E-state index contributed by atoms with van der Waals surface area (Å²) in [4.78, 5) is 0. The zero-order valence-corrected chi connectivity index (χ0v) is 8.74. The van der Waals surface area contributed by atoms with E-state index in [0.29, 0.717) is 6.42 Å². The van der Waals surface area contributed by atoms with Crippen LogP contribution in [0.1, 0.15) is 18.1 Å². The number of terminal acetylenes is 1. The van der Waals surface area contributed by atoms with Gasteiger partial charge >= 0.3 is 0 Å². The molecule has 1 unspecified atom stereocenters. The molecule has 16 heavy (non-hydrogen) atoms. The number of aromatic nitrogens is 2. The van der Waals surface area contributed by atoms with E-state index in [-0.39, 0.29) is 0 Å². The van der Waals surface area contributed by atoms with Crippen LogP contribution in [0.4, 0.5) is 0 Å². The zero-order valence-electron chi connectivity index (χ0n) is 8.74. The maximum Gasteiger partial charge on any atom is 0.0929 e. The van der Waals surface area contributed by atoms with Crippen molar-refractivity contribution in [2.75, 3.05) is 0 Å². The summed E-state index contributed by atoms with van der Waals surface area (Å²) in [5, 5.41) is 13.9. The average Bonchev–Trinajstić information content (AvgIpc) is 2.80. The Bertz CT molecular complexity index is 496. The molecule has 1 aromatic carbocycles.